The quantitative estimate of drug-likeness (QED) is 0.931. The Kier molecular flexibility index (Phi) is 3.94. The van der Waals surface area contributed by atoms with Crippen molar-refractivity contribution in [3.05, 3.63) is 39.8 Å². The van der Waals surface area contributed by atoms with Gasteiger partial charge in [0.05, 0.1) is 5.69 Å². The lowest BCUT2D eigenvalue weighted by molar-refractivity contribution is 0.720. The first kappa shape index (κ1) is 13.8. The lowest BCUT2D eigenvalue weighted by Crippen LogP contribution is -2.13. The van der Waals surface area contributed by atoms with Gasteiger partial charge in [0.15, 0.2) is 0 Å². The number of rotatable bonds is 4. The summed E-state index contributed by atoms with van der Waals surface area (Å²) in [4.78, 5) is 4.66. The van der Waals surface area contributed by atoms with Crippen molar-refractivity contribution in [2.24, 2.45) is 7.05 Å². The minimum absolute atomic E-state index is 0.941. The van der Waals surface area contributed by atoms with Crippen molar-refractivity contribution in [1.82, 2.24) is 14.9 Å². The van der Waals surface area contributed by atoms with Crippen LogP contribution >= 0.6 is 15.9 Å². The number of halogens is 1. The van der Waals surface area contributed by atoms with E-state index in [9.17, 15) is 0 Å². The summed E-state index contributed by atoms with van der Waals surface area (Å²) < 4.78 is 3.15. The van der Waals surface area contributed by atoms with Crippen molar-refractivity contribution < 1.29 is 0 Å². The van der Waals surface area contributed by atoms with Crippen molar-refractivity contribution in [2.45, 2.75) is 25.7 Å². The molecule has 3 nitrogen and oxygen atoms in total. The minimum Gasteiger partial charge on any atom is -0.330 e. The van der Waals surface area contributed by atoms with Crippen LogP contribution in [-0.2, 0) is 26.3 Å². The zero-order valence-corrected chi connectivity index (χ0v) is 13.6. The number of nitrogens with zero attached hydrogens (tertiary/aromatic N) is 2. The Hall–Kier alpha value is -1.13. The van der Waals surface area contributed by atoms with Gasteiger partial charge in [0.2, 0.25) is 0 Å². The summed E-state index contributed by atoms with van der Waals surface area (Å²) in [7, 11) is 4.07. The Balaban J connectivity index is 1.99. The molecule has 0 amide bonds. The average Bonchev–Trinajstić information content (AvgIpc) is 3.00. The zero-order chi connectivity index (χ0) is 14.1. The van der Waals surface area contributed by atoms with Crippen LogP contribution in [0.1, 0.15) is 23.4 Å². The van der Waals surface area contributed by atoms with Crippen LogP contribution in [0.25, 0.3) is 11.3 Å². The van der Waals surface area contributed by atoms with Gasteiger partial charge in [0.1, 0.15) is 10.4 Å². The molecule has 1 N–H and O–H groups in total. The highest BCUT2D eigenvalue weighted by Crippen LogP contribution is 2.32. The fourth-order valence-corrected chi connectivity index (χ4v) is 3.70. The maximum Gasteiger partial charge on any atom is 0.132 e. The summed E-state index contributed by atoms with van der Waals surface area (Å²) in [5, 5.41) is 3.18. The molecular weight excluding hydrogens is 314 g/mol. The molecule has 106 valence electrons. The van der Waals surface area contributed by atoms with Crippen LogP contribution in [0.4, 0.5) is 0 Å². The molecule has 1 heterocycles. The number of imidazole rings is 1. The molecule has 0 bridgehead atoms. The molecule has 0 unspecified atom stereocenters. The van der Waals surface area contributed by atoms with E-state index >= 15 is 0 Å². The van der Waals surface area contributed by atoms with Gasteiger partial charge in [-0.3, -0.25) is 0 Å². The number of aromatic nitrogens is 2. The largest absolute Gasteiger partial charge is 0.330 e. The second-order valence-corrected chi connectivity index (χ2v) is 6.17. The summed E-state index contributed by atoms with van der Waals surface area (Å²) in [5.41, 5.74) is 5.48. The first-order valence-electron chi connectivity index (χ1n) is 7.18. The number of likely N-dealkylation sites (N-methyl/N-ethyl adjacent to an activating group) is 1. The summed E-state index contributed by atoms with van der Waals surface area (Å²) in [5.74, 6) is 1.11. The van der Waals surface area contributed by atoms with E-state index in [4.69, 9.17) is 0 Å². The number of nitrogens with one attached hydrogen (secondary N) is 1. The number of hydrogen-bond donors (Lipinski definition) is 1. The van der Waals surface area contributed by atoms with E-state index in [2.05, 4.69) is 56.0 Å². The molecule has 0 atom stereocenters. The fourth-order valence-electron chi connectivity index (χ4n) is 3.00. The average molecular weight is 334 g/mol. The predicted octanol–water partition coefficient (Wildman–Crippen LogP) is 3.10. The third-order valence-corrected chi connectivity index (χ3v) is 4.67. The van der Waals surface area contributed by atoms with Crippen LogP contribution in [0.2, 0.25) is 0 Å². The number of benzene rings is 1. The smallest absolute Gasteiger partial charge is 0.132 e. The van der Waals surface area contributed by atoms with Crippen LogP contribution in [-0.4, -0.2) is 23.1 Å². The van der Waals surface area contributed by atoms with Crippen molar-refractivity contribution in [3.63, 3.8) is 0 Å². The fraction of sp³-hybridized carbons (Fsp3) is 0.438. The molecule has 1 aliphatic carbocycles. The van der Waals surface area contributed by atoms with Gasteiger partial charge < -0.3 is 9.88 Å². The van der Waals surface area contributed by atoms with Crippen molar-refractivity contribution >= 4 is 15.9 Å². The van der Waals surface area contributed by atoms with Gasteiger partial charge in [-0.25, -0.2) is 4.98 Å². The van der Waals surface area contributed by atoms with Crippen molar-refractivity contribution in [1.29, 1.82) is 0 Å². The molecule has 3 rings (SSSR count). The Morgan fingerprint density at radius 3 is 2.90 bits per heavy atom. The summed E-state index contributed by atoms with van der Waals surface area (Å²) >= 11 is 3.62. The van der Waals surface area contributed by atoms with E-state index in [1.165, 1.54) is 41.6 Å². The van der Waals surface area contributed by atoms with E-state index in [0.29, 0.717) is 0 Å². The molecule has 1 aliphatic rings. The monoisotopic (exact) mass is 333 g/mol. The molecular formula is C16H20BrN3. The minimum atomic E-state index is 0.941. The third kappa shape index (κ3) is 2.42. The van der Waals surface area contributed by atoms with Crippen molar-refractivity contribution in [2.75, 3.05) is 13.6 Å². The molecule has 1 aromatic carbocycles. The van der Waals surface area contributed by atoms with E-state index in [1.807, 2.05) is 7.05 Å². The SMILES string of the molecule is CNCCc1nc(Br)c(-c2ccc3c(c2)CCC3)n1C. The highest BCUT2D eigenvalue weighted by atomic mass is 79.9. The van der Waals surface area contributed by atoms with Gasteiger partial charge in [-0.05, 0) is 59.4 Å². The second-order valence-electron chi connectivity index (χ2n) is 5.42. The van der Waals surface area contributed by atoms with Crippen LogP contribution in [0.3, 0.4) is 0 Å². The van der Waals surface area contributed by atoms with Crippen LogP contribution in [0, 0.1) is 0 Å². The van der Waals surface area contributed by atoms with Gasteiger partial charge in [-0.2, -0.15) is 0 Å². The molecule has 1 aromatic heterocycles. The second kappa shape index (κ2) is 5.70. The van der Waals surface area contributed by atoms with E-state index in [0.717, 1.165) is 23.4 Å². The molecule has 0 spiro atoms. The Bertz CT molecular complexity index is 631. The van der Waals surface area contributed by atoms with E-state index < -0.39 is 0 Å². The summed E-state index contributed by atoms with van der Waals surface area (Å²) in [6.07, 6.45) is 4.68. The highest BCUT2D eigenvalue weighted by molar-refractivity contribution is 9.10. The predicted molar refractivity (Wildman–Crippen MR) is 86.0 cm³/mol. The molecule has 0 aliphatic heterocycles. The number of fused-ring (bicyclic) bond motifs is 1. The first-order chi connectivity index (χ1) is 9.70. The normalized spacial score (nSPS) is 13.8. The standard InChI is InChI=1S/C16H20BrN3/c1-18-9-8-14-19-16(17)15(20(14)2)13-7-6-11-4-3-5-12(11)10-13/h6-7,10,18H,3-5,8-9H2,1-2H3. The Labute approximate surface area is 128 Å². The van der Waals surface area contributed by atoms with Gasteiger partial charge in [-0.15, -0.1) is 0 Å². The van der Waals surface area contributed by atoms with Crippen molar-refractivity contribution in [3.8, 4) is 11.3 Å². The van der Waals surface area contributed by atoms with Gasteiger partial charge in [0.25, 0.3) is 0 Å². The topological polar surface area (TPSA) is 29.9 Å². The molecule has 0 saturated heterocycles. The van der Waals surface area contributed by atoms with Gasteiger partial charge >= 0.3 is 0 Å². The highest BCUT2D eigenvalue weighted by Gasteiger charge is 2.17. The van der Waals surface area contributed by atoms with Crippen LogP contribution in [0.5, 0.6) is 0 Å². The van der Waals surface area contributed by atoms with Gasteiger partial charge in [0, 0.05) is 25.6 Å². The molecule has 4 heteroatoms. The Morgan fingerprint density at radius 2 is 2.10 bits per heavy atom. The maximum atomic E-state index is 4.66. The summed E-state index contributed by atoms with van der Waals surface area (Å²) in [6, 6.07) is 6.85. The molecule has 0 fully saturated rings. The maximum absolute atomic E-state index is 4.66. The first-order valence-corrected chi connectivity index (χ1v) is 7.98. The Morgan fingerprint density at radius 1 is 1.30 bits per heavy atom. The molecule has 0 saturated carbocycles. The number of aryl methyl sites for hydroxylation is 2. The molecule has 20 heavy (non-hydrogen) atoms. The number of hydrogen-bond acceptors (Lipinski definition) is 2. The van der Waals surface area contributed by atoms with Crippen LogP contribution in [0.15, 0.2) is 22.8 Å². The van der Waals surface area contributed by atoms with Gasteiger partial charge in [-0.1, -0.05) is 12.1 Å². The lowest BCUT2D eigenvalue weighted by Gasteiger charge is -2.08. The zero-order valence-electron chi connectivity index (χ0n) is 12.0. The third-order valence-electron chi connectivity index (χ3n) is 4.12. The lowest BCUT2D eigenvalue weighted by atomic mass is 10.0. The molecule has 0 radical (unpaired) electrons. The summed E-state index contributed by atoms with van der Waals surface area (Å²) in [6.45, 7) is 0.945. The van der Waals surface area contributed by atoms with Crippen LogP contribution < -0.4 is 5.32 Å². The van der Waals surface area contributed by atoms with E-state index in [1.54, 1.807) is 0 Å². The molecule has 2 aromatic rings. The van der Waals surface area contributed by atoms with E-state index in [-0.39, 0.29) is 0 Å².